The van der Waals surface area contributed by atoms with Gasteiger partial charge in [-0.15, -0.1) is 0 Å². The van der Waals surface area contributed by atoms with Crippen molar-refractivity contribution in [1.29, 1.82) is 0 Å². The predicted molar refractivity (Wildman–Crippen MR) is 84.0 cm³/mol. The maximum Gasteiger partial charge on any atom is 0.325 e. The van der Waals surface area contributed by atoms with Crippen molar-refractivity contribution in [1.82, 2.24) is 4.98 Å². The highest BCUT2D eigenvalue weighted by molar-refractivity contribution is 9.10. The van der Waals surface area contributed by atoms with E-state index in [-0.39, 0.29) is 12.5 Å². The van der Waals surface area contributed by atoms with Crippen molar-refractivity contribution in [3.8, 4) is 0 Å². The Kier molecular flexibility index (Phi) is 4.95. The first-order valence-corrected chi connectivity index (χ1v) is 7.31. The van der Waals surface area contributed by atoms with Crippen LogP contribution in [0.3, 0.4) is 0 Å². The van der Waals surface area contributed by atoms with Gasteiger partial charge in [-0.3, -0.25) is 4.79 Å². The van der Waals surface area contributed by atoms with Crippen molar-refractivity contribution in [2.24, 2.45) is 0 Å². The molecule has 0 saturated heterocycles. The van der Waals surface area contributed by atoms with E-state index < -0.39 is 0 Å². The van der Waals surface area contributed by atoms with E-state index in [2.05, 4.69) is 27.8 Å². The fourth-order valence-corrected chi connectivity index (χ4v) is 2.65. The minimum absolute atomic E-state index is 0.211. The van der Waals surface area contributed by atoms with E-state index in [1.54, 1.807) is 6.20 Å². The number of esters is 1. The van der Waals surface area contributed by atoms with Gasteiger partial charge in [-0.1, -0.05) is 35.0 Å². The molecule has 1 aromatic carbocycles. The van der Waals surface area contributed by atoms with E-state index >= 15 is 0 Å². The Morgan fingerprint density at radius 3 is 2.85 bits per heavy atom. The fourth-order valence-electron chi connectivity index (χ4n) is 2.16. The van der Waals surface area contributed by atoms with E-state index in [4.69, 9.17) is 4.74 Å². The summed E-state index contributed by atoms with van der Waals surface area (Å²) in [4.78, 5) is 18.0. The van der Waals surface area contributed by atoms with Gasteiger partial charge in [-0.25, -0.2) is 4.98 Å². The molecule has 0 bridgehead atoms. The van der Waals surface area contributed by atoms with Crippen LogP contribution in [-0.4, -0.2) is 31.2 Å². The Bertz CT molecular complexity index is 616. The fraction of sp³-hybridized carbons (Fsp3) is 0.333. The topological polar surface area (TPSA) is 42.4 Å². The van der Waals surface area contributed by atoms with E-state index in [0.717, 1.165) is 34.0 Å². The number of aromatic nitrogens is 1. The number of methoxy groups -OCH3 is 1. The molecule has 1 aromatic heterocycles. The minimum Gasteiger partial charge on any atom is -0.468 e. The van der Waals surface area contributed by atoms with Gasteiger partial charge < -0.3 is 9.64 Å². The van der Waals surface area contributed by atoms with E-state index in [9.17, 15) is 4.79 Å². The molecule has 106 valence electrons. The molecule has 0 aliphatic carbocycles. The Morgan fingerprint density at radius 1 is 1.35 bits per heavy atom. The molecule has 5 heteroatoms. The van der Waals surface area contributed by atoms with Gasteiger partial charge in [0, 0.05) is 28.0 Å². The van der Waals surface area contributed by atoms with Crippen LogP contribution >= 0.6 is 15.9 Å². The molecule has 4 nitrogen and oxygen atoms in total. The molecule has 0 atom stereocenters. The van der Waals surface area contributed by atoms with Crippen LogP contribution < -0.4 is 4.90 Å². The van der Waals surface area contributed by atoms with Gasteiger partial charge in [0.1, 0.15) is 12.4 Å². The van der Waals surface area contributed by atoms with Crippen LogP contribution in [0.25, 0.3) is 10.8 Å². The Balaban J connectivity index is 2.47. The molecule has 2 rings (SSSR count). The third-order valence-corrected chi connectivity index (χ3v) is 3.76. The number of carbonyl (C=O) groups is 1. The quantitative estimate of drug-likeness (QED) is 0.785. The molecule has 0 fully saturated rings. The number of hydrogen-bond donors (Lipinski definition) is 0. The lowest BCUT2D eigenvalue weighted by Gasteiger charge is -2.23. The number of anilines is 1. The maximum absolute atomic E-state index is 11.6. The molecule has 0 radical (unpaired) electrons. The molecular formula is C15H17BrN2O2. The monoisotopic (exact) mass is 336 g/mol. The first-order chi connectivity index (χ1) is 9.67. The third-order valence-electron chi connectivity index (χ3n) is 3.07. The zero-order valence-electron chi connectivity index (χ0n) is 11.6. The average Bonchev–Trinajstić information content (AvgIpc) is 2.46. The summed E-state index contributed by atoms with van der Waals surface area (Å²) < 4.78 is 5.79. The van der Waals surface area contributed by atoms with Crippen molar-refractivity contribution in [2.75, 3.05) is 25.1 Å². The van der Waals surface area contributed by atoms with Crippen LogP contribution in [0.15, 0.2) is 34.9 Å². The number of pyridine rings is 1. The zero-order valence-corrected chi connectivity index (χ0v) is 13.2. The summed E-state index contributed by atoms with van der Waals surface area (Å²) in [5, 5.41) is 2.11. The van der Waals surface area contributed by atoms with Crippen molar-refractivity contribution in [3.05, 3.63) is 34.9 Å². The average molecular weight is 337 g/mol. The van der Waals surface area contributed by atoms with Crippen LogP contribution in [0.2, 0.25) is 0 Å². The highest BCUT2D eigenvalue weighted by Gasteiger charge is 2.15. The maximum atomic E-state index is 11.6. The molecule has 2 aromatic rings. The number of nitrogens with zero attached hydrogens (tertiary/aromatic N) is 2. The van der Waals surface area contributed by atoms with Crippen molar-refractivity contribution in [2.45, 2.75) is 13.3 Å². The number of rotatable bonds is 5. The highest BCUT2D eigenvalue weighted by atomic mass is 79.9. The second-order valence-electron chi connectivity index (χ2n) is 4.47. The van der Waals surface area contributed by atoms with Gasteiger partial charge in [-0.05, 0) is 18.6 Å². The van der Waals surface area contributed by atoms with Gasteiger partial charge in [0.15, 0.2) is 0 Å². The first kappa shape index (κ1) is 14.8. The Morgan fingerprint density at radius 2 is 2.15 bits per heavy atom. The third kappa shape index (κ3) is 3.10. The SMILES string of the molecule is CCCN(CC(=O)OC)c1nccc2c(Br)cccc12. The van der Waals surface area contributed by atoms with Crippen LogP contribution in [0.5, 0.6) is 0 Å². The molecule has 0 amide bonds. The molecule has 0 spiro atoms. The summed E-state index contributed by atoms with van der Waals surface area (Å²) in [5.74, 6) is 0.559. The number of hydrogen-bond acceptors (Lipinski definition) is 4. The van der Waals surface area contributed by atoms with Crippen LogP contribution in [0, 0.1) is 0 Å². The lowest BCUT2D eigenvalue weighted by molar-refractivity contribution is -0.138. The largest absolute Gasteiger partial charge is 0.468 e. The molecule has 0 unspecified atom stereocenters. The lowest BCUT2D eigenvalue weighted by Crippen LogP contribution is -2.32. The summed E-state index contributed by atoms with van der Waals surface area (Å²) in [6.07, 6.45) is 2.70. The summed E-state index contributed by atoms with van der Waals surface area (Å²) in [5.41, 5.74) is 0. The molecule has 0 saturated carbocycles. The van der Waals surface area contributed by atoms with Crippen LogP contribution in [-0.2, 0) is 9.53 Å². The standard InChI is InChI=1S/C15H17BrN2O2/c1-3-9-18(10-14(19)20-2)15-12-5-4-6-13(16)11(12)7-8-17-15/h4-8H,3,9-10H2,1-2H3. The second kappa shape index (κ2) is 6.70. The summed E-state index contributed by atoms with van der Waals surface area (Å²) in [6, 6.07) is 7.95. The Hall–Kier alpha value is -1.62. The molecule has 0 aliphatic rings. The minimum atomic E-state index is -0.257. The number of carbonyl (C=O) groups excluding carboxylic acids is 1. The number of ether oxygens (including phenoxy) is 1. The molecule has 0 aliphatic heterocycles. The number of fused-ring (bicyclic) bond motifs is 1. The van der Waals surface area contributed by atoms with Crippen LogP contribution in [0.4, 0.5) is 5.82 Å². The summed E-state index contributed by atoms with van der Waals surface area (Å²) >= 11 is 3.55. The van der Waals surface area contributed by atoms with E-state index in [1.807, 2.05) is 29.2 Å². The predicted octanol–water partition coefficient (Wildman–Crippen LogP) is 3.39. The Labute approximate surface area is 126 Å². The van der Waals surface area contributed by atoms with E-state index in [1.165, 1.54) is 7.11 Å². The van der Waals surface area contributed by atoms with Gasteiger partial charge >= 0.3 is 5.97 Å². The van der Waals surface area contributed by atoms with E-state index in [0.29, 0.717) is 0 Å². The summed E-state index contributed by atoms with van der Waals surface area (Å²) in [7, 11) is 1.40. The van der Waals surface area contributed by atoms with Crippen molar-refractivity contribution in [3.63, 3.8) is 0 Å². The molecule has 20 heavy (non-hydrogen) atoms. The second-order valence-corrected chi connectivity index (χ2v) is 5.32. The molecule has 0 N–H and O–H groups in total. The van der Waals surface area contributed by atoms with Gasteiger partial charge in [-0.2, -0.15) is 0 Å². The zero-order chi connectivity index (χ0) is 14.5. The van der Waals surface area contributed by atoms with Crippen molar-refractivity contribution < 1.29 is 9.53 Å². The van der Waals surface area contributed by atoms with Gasteiger partial charge in [0.2, 0.25) is 0 Å². The number of benzene rings is 1. The molecule has 1 heterocycles. The van der Waals surface area contributed by atoms with Gasteiger partial charge in [0.05, 0.1) is 7.11 Å². The van der Waals surface area contributed by atoms with Gasteiger partial charge in [0.25, 0.3) is 0 Å². The smallest absolute Gasteiger partial charge is 0.325 e. The van der Waals surface area contributed by atoms with Crippen LogP contribution in [0.1, 0.15) is 13.3 Å². The lowest BCUT2D eigenvalue weighted by atomic mass is 10.1. The molecular weight excluding hydrogens is 320 g/mol. The number of halogens is 1. The van der Waals surface area contributed by atoms with Crippen molar-refractivity contribution >= 4 is 38.5 Å². The normalized spacial score (nSPS) is 10.6. The highest BCUT2D eigenvalue weighted by Crippen LogP contribution is 2.29. The first-order valence-electron chi connectivity index (χ1n) is 6.52. The summed E-state index contributed by atoms with van der Waals surface area (Å²) in [6.45, 7) is 3.04.